The Morgan fingerprint density at radius 2 is 1.62 bits per heavy atom. The van der Waals surface area contributed by atoms with Crippen molar-refractivity contribution in [3.63, 3.8) is 0 Å². The third-order valence-corrected chi connectivity index (χ3v) is 7.72. The SMILES string of the molecule is CN(C)C(=O)C(OC(=O)c1ccc(Cl)c(S(=O)(=O)N2CCCCCC2)c1)c1ccccc1. The number of carbonyl (C=O) groups excluding carboxylic acids is 2. The van der Waals surface area contributed by atoms with Gasteiger partial charge in [0.05, 0.1) is 10.6 Å². The Balaban J connectivity index is 1.90. The summed E-state index contributed by atoms with van der Waals surface area (Å²) in [5, 5.41) is 0.0368. The van der Waals surface area contributed by atoms with E-state index in [1.54, 1.807) is 44.4 Å². The number of likely N-dealkylation sites (N-methyl/N-ethyl adjacent to an activating group) is 1. The molecule has 1 heterocycles. The summed E-state index contributed by atoms with van der Waals surface area (Å²) in [6.45, 7) is 0.835. The molecule has 1 aliphatic heterocycles. The molecule has 1 amide bonds. The van der Waals surface area contributed by atoms with Gasteiger partial charge in [0.25, 0.3) is 5.91 Å². The summed E-state index contributed by atoms with van der Waals surface area (Å²) >= 11 is 6.22. The lowest BCUT2D eigenvalue weighted by Gasteiger charge is -2.22. The van der Waals surface area contributed by atoms with Crippen molar-refractivity contribution in [3.8, 4) is 0 Å². The van der Waals surface area contributed by atoms with Gasteiger partial charge in [0.15, 0.2) is 0 Å². The molecule has 1 fully saturated rings. The molecule has 0 spiro atoms. The van der Waals surface area contributed by atoms with Crippen LogP contribution in [0, 0.1) is 0 Å². The molecule has 1 saturated heterocycles. The predicted molar refractivity (Wildman–Crippen MR) is 122 cm³/mol. The number of esters is 1. The Kier molecular flexibility index (Phi) is 7.92. The normalized spacial score (nSPS) is 16.1. The van der Waals surface area contributed by atoms with E-state index in [0.29, 0.717) is 18.7 Å². The molecule has 0 bridgehead atoms. The number of ether oxygens (including phenoxy) is 1. The first kappa shape index (κ1) is 24.2. The highest BCUT2D eigenvalue weighted by Crippen LogP contribution is 2.29. The molecule has 7 nitrogen and oxygen atoms in total. The number of hydrogen-bond acceptors (Lipinski definition) is 5. The fraction of sp³-hybridized carbons (Fsp3) is 0.391. The fourth-order valence-electron chi connectivity index (χ4n) is 3.55. The average Bonchev–Trinajstić information content (AvgIpc) is 3.08. The van der Waals surface area contributed by atoms with E-state index in [-0.39, 0.29) is 15.5 Å². The minimum atomic E-state index is -3.86. The molecule has 3 rings (SSSR count). The van der Waals surface area contributed by atoms with Crippen LogP contribution in [0.2, 0.25) is 5.02 Å². The predicted octanol–water partition coefficient (Wildman–Crippen LogP) is 3.89. The van der Waals surface area contributed by atoms with Gasteiger partial charge in [0, 0.05) is 32.7 Å². The van der Waals surface area contributed by atoms with E-state index < -0.39 is 28.0 Å². The number of carbonyl (C=O) groups is 2. The molecule has 0 aromatic heterocycles. The maximum absolute atomic E-state index is 13.2. The first-order valence-electron chi connectivity index (χ1n) is 10.5. The zero-order valence-corrected chi connectivity index (χ0v) is 19.7. The van der Waals surface area contributed by atoms with Gasteiger partial charge < -0.3 is 9.64 Å². The smallest absolute Gasteiger partial charge is 0.339 e. The molecule has 9 heteroatoms. The van der Waals surface area contributed by atoms with Gasteiger partial charge in [0.1, 0.15) is 4.90 Å². The molecule has 2 aromatic carbocycles. The maximum Gasteiger partial charge on any atom is 0.339 e. The van der Waals surface area contributed by atoms with Crippen molar-refractivity contribution in [1.82, 2.24) is 9.21 Å². The Morgan fingerprint density at radius 3 is 2.22 bits per heavy atom. The third kappa shape index (κ3) is 5.49. The number of benzene rings is 2. The van der Waals surface area contributed by atoms with Crippen LogP contribution < -0.4 is 0 Å². The minimum absolute atomic E-state index is 0.00952. The van der Waals surface area contributed by atoms with Crippen LogP contribution in [0.3, 0.4) is 0 Å². The van der Waals surface area contributed by atoms with E-state index in [1.807, 2.05) is 0 Å². The highest BCUT2D eigenvalue weighted by molar-refractivity contribution is 7.89. The maximum atomic E-state index is 13.2. The van der Waals surface area contributed by atoms with E-state index >= 15 is 0 Å². The molecule has 0 aliphatic carbocycles. The van der Waals surface area contributed by atoms with Crippen molar-refractivity contribution in [2.45, 2.75) is 36.7 Å². The number of hydrogen-bond donors (Lipinski definition) is 0. The van der Waals surface area contributed by atoms with Crippen LogP contribution in [0.5, 0.6) is 0 Å². The summed E-state index contributed by atoms with van der Waals surface area (Å²) in [6, 6.07) is 12.7. The molecule has 0 saturated carbocycles. The Labute approximate surface area is 194 Å². The van der Waals surface area contributed by atoms with E-state index in [9.17, 15) is 18.0 Å². The van der Waals surface area contributed by atoms with Gasteiger partial charge in [-0.3, -0.25) is 4.79 Å². The van der Waals surface area contributed by atoms with Gasteiger partial charge in [-0.15, -0.1) is 0 Å². The van der Waals surface area contributed by atoms with Crippen LogP contribution in [0.15, 0.2) is 53.4 Å². The quantitative estimate of drug-likeness (QED) is 0.588. The van der Waals surface area contributed by atoms with E-state index in [2.05, 4.69) is 0 Å². The highest BCUT2D eigenvalue weighted by atomic mass is 35.5. The monoisotopic (exact) mass is 478 g/mol. The van der Waals surface area contributed by atoms with Crippen LogP contribution in [-0.4, -0.2) is 56.7 Å². The van der Waals surface area contributed by atoms with Gasteiger partial charge in [-0.1, -0.05) is 54.8 Å². The van der Waals surface area contributed by atoms with Crippen LogP contribution in [0.1, 0.15) is 47.7 Å². The summed E-state index contributed by atoms with van der Waals surface area (Å²) in [6.07, 6.45) is 2.37. The molecule has 172 valence electrons. The molecule has 1 atom stereocenters. The van der Waals surface area contributed by atoms with Gasteiger partial charge in [-0.25, -0.2) is 13.2 Å². The van der Waals surface area contributed by atoms with Crippen molar-refractivity contribution in [2.24, 2.45) is 0 Å². The number of halogens is 1. The zero-order valence-electron chi connectivity index (χ0n) is 18.2. The highest BCUT2D eigenvalue weighted by Gasteiger charge is 2.30. The molecule has 2 aromatic rings. The fourth-order valence-corrected chi connectivity index (χ4v) is 5.57. The molecular weight excluding hydrogens is 452 g/mol. The van der Waals surface area contributed by atoms with Gasteiger partial charge in [-0.2, -0.15) is 4.31 Å². The Hall–Kier alpha value is -2.42. The summed E-state index contributed by atoms with van der Waals surface area (Å²) in [5.41, 5.74) is 0.529. The number of sulfonamides is 1. The lowest BCUT2D eigenvalue weighted by Crippen LogP contribution is -2.32. The van der Waals surface area contributed by atoms with Crippen molar-refractivity contribution < 1.29 is 22.7 Å². The van der Waals surface area contributed by atoms with E-state index in [0.717, 1.165) is 25.7 Å². The summed E-state index contributed by atoms with van der Waals surface area (Å²) in [7, 11) is -0.725. The molecule has 1 aliphatic rings. The topological polar surface area (TPSA) is 84.0 Å². The molecule has 0 N–H and O–H groups in total. The first-order valence-corrected chi connectivity index (χ1v) is 12.3. The van der Waals surface area contributed by atoms with E-state index in [1.165, 1.54) is 27.4 Å². The van der Waals surface area contributed by atoms with Crippen molar-refractivity contribution in [3.05, 3.63) is 64.7 Å². The second-order valence-corrected chi connectivity index (χ2v) is 10.2. The lowest BCUT2D eigenvalue weighted by molar-refractivity contribution is -0.138. The largest absolute Gasteiger partial charge is 0.444 e. The summed E-state index contributed by atoms with van der Waals surface area (Å²) in [4.78, 5) is 26.8. The van der Waals surface area contributed by atoms with Crippen LogP contribution in [0.4, 0.5) is 0 Å². The lowest BCUT2D eigenvalue weighted by atomic mass is 10.1. The van der Waals surface area contributed by atoms with Crippen molar-refractivity contribution >= 4 is 33.5 Å². The van der Waals surface area contributed by atoms with Crippen LogP contribution >= 0.6 is 11.6 Å². The molecular formula is C23H27ClN2O5S. The van der Waals surface area contributed by atoms with Crippen molar-refractivity contribution in [2.75, 3.05) is 27.2 Å². The van der Waals surface area contributed by atoms with Gasteiger partial charge in [0.2, 0.25) is 16.1 Å². The van der Waals surface area contributed by atoms with E-state index in [4.69, 9.17) is 16.3 Å². The van der Waals surface area contributed by atoms with Crippen LogP contribution in [-0.2, 0) is 19.6 Å². The minimum Gasteiger partial charge on any atom is -0.444 e. The standard InChI is InChI=1S/C23H27ClN2O5S/c1-25(2)22(27)21(17-10-6-5-7-11-17)31-23(28)18-12-13-19(24)20(16-18)32(29,30)26-14-8-3-4-9-15-26/h5-7,10-13,16,21H,3-4,8-9,14-15H2,1-2H3. The Bertz CT molecular complexity index is 1070. The summed E-state index contributed by atoms with van der Waals surface area (Å²) in [5.74, 6) is -1.21. The van der Waals surface area contributed by atoms with Gasteiger partial charge in [-0.05, 0) is 31.0 Å². The average molecular weight is 479 g/mol. The number of rotatable bonds is 6. The van der Waals surface area contributed by atoms with Crippen molar-refractivity contribution in [1.29, 1.82) is 0 Å². The Morgan fingerprint density at radius 1 is 1.00 bits per heavy atom. The summed E-state index contributed by atoms with van der Waals surface area (Å²) < 4.78 is 33.4. The third-order valence-electron chi connectivity index (χ3n) is 5.34. The second-order valence-electron chi connectivity index (χ2n) is 7.89. The number of amides is 1. The van der Waals surface area contributed by atoms with Crippen LogP contribution in [0.25, 0.3) is 0 Å². The second kappa shape index (κ2) is 10.5. The molecule has 0 radical (unpaired) electrons. The first-order chi connectivity index (χ1) is 15.2. The molecule has 32 heavy (non-hydrogen) atoms. The molecule has 1 unspecified atom stereocenters. The number of nitrogens with zero attached hydrogens (tertiary/aromatic N) is 2. The van der Waals surface area contributed by atoms with Gasteiger partial charge >= 0.3 is 5.97 Å². The zero-order chi connectivity index (χ0) is 23.3.